The van der Waals surface area contributed by atoms with Crippen molar-refractivity contribution < 1.29 is 9.61 Å². The van der Waals surface area contributed by atoms with Crippen molar-refractivity contribution >= 4 is 40.7 Å². The van der Waals surface area contributed by atoms with Crippen LogP contribution in [0.3, 0.4) is 0 Å². The molecule has 0 fully saturated rings. The molecule has 0 bridgehead atoms. The molecule has 106 valence electrons. The van der Waals surface area contributed by atoms with Gasteiger partial charge in [-0.15, -0.1) is 0 Å². The van der Waals surface area contributed by atoms with Gasteiger partial charge in [-0.05, 0) is 0 Å². The molecule has 6 heteroatoms. The third kappa shape index (κ3) is 4.05. The molecule has 0 saturated heterocycles. The zero-order chi connectivity index (χ0) is 14.4. The van der Waals surface area contributed by atoms with Crippen molar-refractivity contribution in [2.75, 3.05) is 7.11 Å². The van der Waals surface area contributed by atoms with E-state index >= 15 is 0 Å². The summed E-state index contributed by atoms with van der Waals surface area (Å²) in [6.07, 6.45) is 6.07. The molecule has 0 unspecified atom stereocenters. The van der Waals surface area contributed by atoms with Gasteiger partial charge in [0.1, 0.15) is 0 Å². The number of hydrazone groups is 1. The number of rotatable bonds is 5. The maximum atomic E-state index is 11.9. The van der Waals surface area contributed by atoms with E-state index in [1.807, 2.05) is 0 Å². The van der Waals surface area contributed by atoms with Gasteiger partial charge in [0.15, 0.2) is 0 Å². The Morgan fingerprint density at radius 2 is 2.00 bits per heavy atom. The molecule has 0 heterocycles. The average Bonchev–Trinajstić information content (AvgIpc) is 2.53. The maximum absolute atomic E-state index is 11.9. The van der Waals surface area contributed by atoms with Crippen LogP contribution in [0.15, 0.2) is 38.6 Å². The van der Waals surface area contributed by atoms with Gasteiger partial charge in [0, 0.05) is 0 Å². The Labute approximate surface area is 132 Å². The number of hydrogen-bond donors (Lipinski definition) is 0. The second kappa shape index (κ2) is 7.78. The van der Waals surface area contributed by atoms with Gasteiger partial charge in [-0.25, -0.2) is 0 Å². The predicted octanol–water partition coefficient (Wildman–Crippen LogP) is 3.78. The van der Waals surface area contributed by atoms with Gasteiger partial charge in [-0.2, -0.15) is 0 Å². The molecule has 0 spiro atoms. The molecule has 1 aromatic rings. The van der Waals surface area contributed by atoms with Crippen molar-refractivity contribution in [2.24, 2.45) is 5.10 Å². The monoisotopic (exact) mass is 409 g/mol. The molecule has 0 N–H and O–H groups in total. The topological polar surface area (TPSA) is 41.7 Å². The quantitative estimate of drug-likeness (QED) is 0.323. The van der Waals surface area contributed by atoms with Crippen LogP contribution in [0.5, 0.6) is 5.75 Å². The first-order valence-corrected chi connectivity index (χ1v) is 10.5. The van der Waals surface area contributed by atoms with Crippen molar-refractivity contribution in [1.29, 1.82) is 0 Å². The molecule has 0 aliphatic heterocycles. The summed E-state index contributed by atoms with van der Waals surface area (Å²) in [7, 11) is 7.64. The van der Waals surface area contributed by atoms with Crippen LogP contribution in [0.25, 0.3) is 0 Å². The van der Waals surface area contributed by atoms with Crippen LogP contribution in [-0.4, -0.2) is 38.0 Å². The number of halogens is 1. The molecule has 0 saturated carbocycles. The van der Waals surface area contributed by atoms with Crippen molar-refractivity contribution in [2.45, 2.75) is 25.7 Å². The SMILES string of the molecule is COc1ccc([N+](=O)/N=C/C2=C([Te]Cl)CCCC2)cc1. The Kier molecular flexibility index (Phi) is 6.03. The first kappa shape index (κ1) is 15.5. The summed E-state index contributed by atoms with van der Waals surface area (Å²) in [6.45, 7) is 0. The minimum atomic E-state index is -0.596. The molecular weight excluding hydrogens is 391 g/mol. The van der Waals surface area contributed by atoms with Crippen LogP contribution in [-0.2, 0) is 0 Å². The van der Waals surface area contributed by atoms with Crippen molar-refractivity contribution in [3.05, 3.63) is 38.4 Å². The third-order valence-electron chi connectivity index (χ3n) is 3.16. The summed E-state index contributed by atoms with van der Waals surface area (Å²) in [4.78, 5) is 12.5. The van der Waals surface area contributed by atoms with Crippen molar-refractivity contribution in [3.63, 3.8) is 0 Å². The van der Waals surface area contributed by atoms with E-state index in [0.717, 1.165) is 30.6 Å². The number of nitrogens with zero attached hydrogens (tertiary/aromatic N) is 2. The fourth-order valence-electron chi connectivity index (χ4n) is 2.02. The standard InChI is InChI=1S/C14H16ClN2O2Te/c1-19-13-8-6-12(7-9-13)17(18)16-10-11-4-2-3-5-14(11)20-15/h6-10H,2-5H2,1H3/q+1/b16-10+. The van der Waals surface area contributed by atoms with Crippen LogP contribution >= 0.6 is 8.96 Å². The molecule has 2 rings (SSSR count). The minimum absolute atomic E-state index is 0.488. The third-order valence-corrected chi connectivity index (χ3v) is 6.27. The van der Waals surface area contributed by atoms with Gasteiger partial charge in [0.25, 0.3) is 0 Å². The number of nitroso groups, excluding NO2 is 1. The van der Waals surface area contributed by atoms with Crippen LogP contribution in [0.1, 0.15) is 25.7 Å². The Morgan fingerprint density at radius 3 is 2.65 bits per heavy atom. The zero-order valence-electron chi connectivity index (χ0n) is 11.2. The van der Waals surface area contributed by atoms with Crippen molar-refractivity contribution in [3.8, 4) is 5.75 Å². The number of hydrogen-bond acceptors (Lipinski definition) is 2. The van der Waals surface area contributed by atoms with E-state index in [1.165, 1.54) is 10.0 Å². The molecule has 4 nitrogen and oxygen atoms in total. The number of benzene rings is 1. The fraction of sp³-hybridized carbons (Fsp3) is 0.357. The Balaban J connectivity index is 2.09. The summed E-state index contributed by atoms with van der Waals surface area (Å²) < 4.78 is 6.38. The average molecular weight is 407 g/mol. The zero-order valence-corrected chi connectivity index (χ0v) is 14.3. The molecule has 1 aromatic carbocycles. The fourth-order valence-corrected chi connectivity index (χ4v) is 4.56. The van der Waals surface area contributed by atoms with Crippen LogP contribution in [0.2, 0.25) is 0 Å². The Bertz CT molecular complexity index is 541. The van der Waals surface area contributed by atoms with Crippen LogP contribution in [0.4, 0.5) is 5.69 Å². The van der Waals surface area contributed by atoms with E-state index < -0.39 is 19.8 Å². The van der Waals surface area contributed by atoms with Gasteiger partial charge in [0.2, 0.25) is 0 Å². The molecule has 20 heavy (non-hydrogen) atoms. The summed E-state index contributed by atoms with van der Waals surface area (Å²) >= 11 is -0.596. The second-order valence-electron chi connectivity index (χ2n) is 4.45. The van der Waals surface area contributed by atoms with Gasteiger partial charge in [-0.3, -0.25) is 0 Å². The Morgan fingerprint density at radius 1 is 1.30 bits per heavy atom. The van der Waals surface area contributed by atoms with E-state index in [2.05, 4.69) is 5.10 Å². The van der Waals surface area contributed by atoms with Gasteiger partial charge in [-0.1, -0.05) is 0 Å². The molecular formula is C14H16ClN2O2Te+. The summed E-state index contributed by atoms with van der Waals surface area (Å²) in [5.41, 5.74) is 1.64. The number of allylic oxidation sites excluding steroid dienone is 2. The van der Waals surface area contributed by atoms with Gasteiger partial charge < -0.3 is 0 Å². The van der Waals surface area contributed by atoms with Crippen LogP contribution < -0.4 is 4.74 Å². The van der Waals surface area contributed by atoms with E-state index in [0.29, 0.717) is 10.6 Å². The van der Waals surface area contributed by atoms with Crippen molar-refractivity contribution in [1.82, 2.24) is 0 Å². The summed E-state index contributed by atoms with van der Waals surface area (Å²) in [6, 6.07) is 6.86. The number of methoxy groups -OCH3 is 1. The van der Waals surface area contributed by atoms with E-state index in [-0.39, 0.29) is 0 Å². The second-order valence-corrected chi connectivity index (χ2v) is 7.33. The van der Waals surface area contributed by atoms with E-state index in [4.69, 9.17) is 13.7 Å². The van der Waals surface area contributed by atoms with E-state index in [1.54, 1.807) is 37.6 Å². The van der Waals surface area contributed by atoms with Gasteiger partial charge >= 0.3 is 132 Å². The molecule has 0 radical (unpaired) electrons. The Hall–Kier alpha value is -0.890. The predicted molar refractivity (Wildman–Crippen MR) is 81.9 cm³/mol. The van der Waals surface area contributed by atoms with E-state index in [9.17, 15) is 4.91 Å². The van der Waals surface area contributed by atoms with Gasteiger partial charge in [0.05, 0.1) is 0 Å². The first-order valence-electron chi connectivity index (χ1n) is 6.40. The molecule has 0 aromatic heterocycles. The first-order chi connectivity index (χ1) is 9.74. The summed E-state index contributed by atoms with van der Waals surface area (Å²) in [5, 5.41) is 3.99. The molecule has 1 aliphatic carbocycles. The molecule has 1 aliphatic rings. The molecule has 0 amide bonds. The van der Waals surface area contributed by atoms with Crippen LogP contribution in [0, 0.1) is 4.91 Å². The molecule has 0 atom stereocenters. The summed E-state index contributed by atoms with van der Waals surface area (Å²) in [5.74, 6) is 0.719. The normalized spacial score (nSPS) is 15.7. The number of ether oxygens (including phenoxy) is 1.